The van der Waals surface area contributed by atoms with Crippen LogP contribution in [0.25, 0.3) is 11.0 Å². The summed E-state index contributed by atoms with van der Waals surface area (Å²) in [5.74, 6) is 1.05. The van der Waals surface area contributed by atoms with Crippen LogP contribution in [-0.4, -0.2) is 53.3 Å². The normalized spacial score (nSPS) is 14.9. The second kappa shape index (κ2) is 8.41. The minimum atomic E-state index is -0.269. The van der Waals surface area contributed by atoms with Crippen molar-refractivity contribution in [1.29, 1.82) is 0 Å². The zero-order valence-electron chi connectivity index (χ0n) is 16.0. The van der Waals surface area contributed by atoms with Crippen molar-refractivity contribution in [3.63, 3.8) is 0 Å². The first-order valence-corrected chi connectivity index (χ1v) is 9.57. The van der Waals surface area contributed by atoms with Crippen LogP contribution < -0.4 is 10.6 Å². The van der Waals surface area contributed by atoms with Crippen molar-refractivity contribution in [3.05, 3.63) is 54.4 Å². The fourth-order valence-electron chi connectivity index (χ4n) is 3.45. The van der Waals surface area contributed by atoms with E-state index in [1.165, 1.54) is 0 Å². The summed E-state index contributed by atoms with van der Waals surface area (Å²) in [5, 5.41) is 5.69. The maximum absolute atomic E-state index is 12.2. The number of amides is 2. The van der Waals surface area contributed by atoms with Crippen LogP contribution in [-0.2, 0) is 18.2 Å². The topological polar surface area (TPSA) is 71.4 Å². The van der Waals surface area contributed by atoms with Gasteiger partial charge in [0.1, 0.15) is 5.82 Å². The fraction of sp³-hybridized carbons (Fsp3) is 0.333. The van der Waals surface area contributed by atoms with Crippen molar-refractivity contribution in [2.24, 2.45) is 7.05 Å². The van der Waals surface area contributed by atoms with Gasteiger partial charge in [0.05, 0.1) is 24.2 Å². The molecule has 0 spiro atoms. The summed E-state index contributed by atoms with van der Waals surface area (Å²) in [6, 6.07) is 14.9. The number of carbonyl (C=O) groups is 1. The van der Waals surface area contributed by atoms with Crippen LogP contribution in [0.3, 0.4) is 0 Å². The van der Waals surface area contributed by atoms with Crippen molar-refractivity contribution in [1.82, 2.24) is 14.5 Å². The second-order valence-electron chi connectivity index (χ2n) is 6.94. The lowest BCUT2D eigenvalue weighted by Crippen LogP contribution is -2.37. The molecule has 3 aromatic rings. The molecule has 0 bridgehead atoms. The zero-order valence-corrected chi connectivity index (χ0v) is 16.0. The monoisotopic (exact) mass is 379 g/mol. The van der Waals surface area contributed by atoms with Gasteiger partial charge in [0.25, 0.3) is 0 Å². The van der Waals surface area contributed by atoms with E-state index >= 15 is 0 Å². The Kier molecular flexibility index (Phi) is 5.55. The molecule has 146 valence electrons. The molecule has 0 unspecified atom stereocenters. The first-order valence-electron chi connectivity index (χ1n) is 9.57. The summed E-state index contributed by atoms with van der Waals surface area (Å²) >= 11 is 0. The summed E-state index contributed by atoms with van der Waals surface area (Å²) in [7, 11) is 2.04. The van der Waals surface area contributed by atoms with E-state index in [1.807, 2.05) is 55.6 Å². The molecule has 0 saturated carbocycles. The van der Waals surface area contributed by atoms with Crippen molar-refractivity contribution in [2.75, 3.05) is 43.5 Å². The van der Waals surface area contributed by atoms with E-state index in [4.69, 9.17) is 9.72 Å². The van der Waals surface area contributed by atoms with Crippen LogP contribution in [0.4, 0.5) is 16.2 Å². The van der Waals surface area contributed by atoms with Gasteiger partial charge in [-0.25, -0.2) is 9.78 Å². The van der Waals surface area contributed by atoms with Gasteiger partial charge in [-0.15, -0.1) is 0 Å². The fourth-order valence-corrected chi connectivity index (χ4v) is 3.45. The van der Waals surface area contributed by atoms with Gasteiger partial charge in [-0.05, 0) is 30.3 Å². The number of nitrogens with one attached hydrogen (secondary N) is 2. The predicted molar refractivity (Wildman–Crippen MR) is 111 cm³/mol. The second-order valence-corrected chi connectivity index (χ2v) is 6.94. The first-order chi connectivity index (χ1) is 13.7. The lowest BCUT2D eigenvalue weighted by atomic mass is 10.2. The Bertz CT molecular complexity index is 948. The maximum atomic E-state index is 12.2. The molecule has 1 fully saturated rings. The molecule has 2 N–H and O–H groups in total. The van der Waals surface area contributed by atoms with Gasteiger partial charge in [-0.2, -0.15) is 0 Å². The molecule has 28 heavy (non-hydrogen) atoms. The average Bonchev–Trinajstić information content (AvgIpc) is 3.03. The quantitative estimate of drug-likeness (QED) is 0.715. The Morgan fingerprint density at radius 1 is 1.07 bits per heavy atom. The number of anilines is 2. The summed E-state index contributed by atoms with van der Waals surface area (Å²) in [6.07, 6.45) is 0.891. The number of urea groups is 1. The van der Waals surface area contributed by atoms with E-state index < -0.39 is 0 Å². The van der Waals surface area contributed by atoms with Crippen LogP contribution in [0.2, 0.25) is 0 Å². The lowest BCUT2D eigenvalue weighted by Gasteiger charge is -2.26. The van der Waals surface area contributed by atoms with E-state index in [0.717, 1.165) is 67.5 Å². The molecule has 1 aromatic heterocycles. The average molecular weight is 379 g/mol. The highest BCUT2D eigenvalue weighted by Gasteiger charge is 2.13. The molecule has 1 aliphatic rings. The van der Waals surface area contributed by atoms with Crippen molar-refractivity contribution in [3.8, 4) is 0 Å². The zero-order chi connectivity index (χ0) is 19.3. The summed E-state index contributed by atoms with van der Waals surface area (Å²) < 4.78 is 7.53. The molecule has 4 rings (SSSR count). The van der Waals surface area contributed by atoms with Crippen molar-refractivity contribution >= 4 is 28.4 Å². The molecule has 0 aliphatic carbocycles. The molecule has 2 amide bonds. The summed E-state index contributed by atoms with van der Waals surface area (Å²) in [4.78, 5) is 19.4. The number of fused-ring (bicyclic) bond motifs is 1. The number of para-hydroxylation sites is 1. The molecule has 2 aromatic carbocycles. The Hall–Kier alpha value is -2.90. The third-order valence-electron chi connectivity index (χ3n) is 5.02. The number of morpholine rings is 1. The number of aryl methyl sites for hydroxylation is 1. The van der Waals surface area contributed by atoms with Gasteiger partial charge in [0.15, 0.2) is 0 Å². The van der Waals surface area contributed by atoms with E-state index in [-0.39, 0.29) is 6.03 Å². The predicted octanol–water partition coefficient (Wildman–Crippen LogP) is 3.09. The minimum absolute atomic E-state index is 0.269. The third kappa shape index (κ3) is 4.32. The highest BCUT2D eigenvalue weighted by Crippen LogP contribution is 2.20. The van der Waals surface area contributed by atoms with Gasteiger partial charge >= 0.3 is 6.03 Å². The highest BCUT2D eigenvalue weighted by atomic mass is 16.5. The number of aromatic nitrogens is 2. The van der Waals surface area contributed by atoms with Gasteiger partial charge in [0, 0.05) is 44.5 Å². The molecule has 7 nitrogen and oxygen atoms in total. The highest BCUT2D eigenvalue weighted by molar-refractivity contribution is 6.00. The Morgan fingerprint density at radius 2 is 1.82 bits per heavy atom. The molecule has 7 heteroatoms. The number of hydrogen-bond donors (Lipinski definition) is 2. The number of hydrogen-bond acceptors (Lipinski definition) is 4. The molecule has 2 heterocycles. The van der Waals surface area contributed by atoms with E-state index in [9.17, 15) is 4.79 Å². The van der Waals surface area contributed by atoms with Crippen molar-refractivity contribution < 1.29 is 9.53 Å². The standard InChI is InChI=1S/C21H25N5O2/c1-25-19-8-7-17(23-21(27)22-16-5-3-2-4-6-16)15-18(19)24-20(25)9-10-26-11-13-28-14-12-26/h2-8,15H,9-14H2,1H3,(H2,22,23,27). The number of imidazole rings is 1. The Balaban J connectivity index is 1.42. The molecular weight excluding hydrogens is 354 g/mol. The molecule has 1 saturated heterocycles. The van der Waals surface area contributed by atoms with Crippen molar-refractivity contribution in [2.45, 2.75) is 6.42 Å². The van der Waals surface area contributed by atoms with Crippen LogP contribution in [0.1, 0.15) is 5.82 Å². The molecule has 0 atom stereocenters. The smallest absolute Gasteiger partial charge is 0.323 e. The lowest BCUT2D eigenvalue weighted by molar-refractivity contribution is 0.0382. The van der Waals surface area contributed by atoms with E-state index in [2.05, 4.69) is 20.1 Å². The van der Waals surface area contributed by atoms with Crippen LogP contribution in [0.5, 0.6) is 0 Å². The Morgan fingerprint density at radius 3 is 2.61 bits per heavy atom. The Labute approximate surface area is 164 Å². The number of benzene rings is 2. The van der Waals surface area contributed by atoms with Gasteiger partial charge in [-0.1, -0.05) is 18.2 Å². The van der Waals surface area contributed by atoms with E-state index in [0.29, 0.717) is 0 Å². The van der Waals surface area contributed by atoms with E-state index in [1.54, 1.807) is 0 Å². The molecular formula is C21H25N5O2. The van der Waals surface area contributed by atoms with Gasteiger partial charge in [0.2, 0.25) is 0 Å². The maximum Gasteiger partial charge on any atom is 0.323 e. The minimum Gasteiger partial charge on any atom is -0.379 e. The van der Waals surface area contributed by atoms with Gasteiger partial charge in [-0.3, -0.25) is 4.90 Å². The molecule has 0 radical (unpaired) electrons. The third-order valence-corrected chi connectivity index (χ3v) is 5.02. The van der Waals surface area contributed by atoms with Crippen LogP contribution in [0.15, 0.2) is 48.5 Å². The SMILES string of the molecule is Cn1c(CCN2CCOCC2)nc2cc(NC(=O)Nc3ccccc3)ccc21. The van der Waals surface area contributed by atoms with Crippen LogP contribution >= 0.6 is 0 Å². The van der Waals surface area contributed by atoms with Crippen LogP contribution in [0, 0.1) is 0 Å². The number of ether oxygens (including phenoxy) is 1. The number of rotatable bonds is 5. The summed E-state index contributed by atoms with van der Waals surface area (Å²) in [5.41, 5.74) is 3.42. The largest absolute Gasteiger partial charge is 0.379 e. The molecule has 1 aliphatic heterocycles. The van der Waals surface area contributed by atoms with Gasteiger partial charge < -0.3 is 19.9 Å². The number of nitrogens with zero attached hydrogens (tertiary/aromatic N) is 3. The number of carbonyl (C=O) groups excluding carboxylic acids is 1. The first kappa shape index (κ1) is 18.5. The summed E-state index contributed by atoms with van der Waals surface area (Å²) in [6.45, 7) is 4.55.